The molecule has 0 spiro atoms. The summed E-state index contributed by atoms with van der Waals surface area (Å²) in [6.07, 6.45) is 11.4. The highest BCUT2D eigenvalue weighted by molar-refractivity contribution is 6.02. The van der Waals surface area contributed by atoms with Crippen molar-refractivity contribution in [3.8, 4) is 0 Å². The molecule has 0 bridgehead atoms. The number of anilines is 1. The SMILES string of the molecule is Cc1ccc(CN(C(=O)c2c(C)cc(C)nc2N)C(C(N)=O)C2=COC=C(CC3=CC=CCC3)O2)cc1. The largest absolute Gasteiger partial charge is 0.465 e. The zero-order valence-electron chi connectivity index (χ0n) is 21.4. The van der Waals surface area contributed by atoms with E-state index in [1.807, 2.05) is 43.3 Å². The number of pyridine rings is 1. The van der Waals surface area contributed by atoms with Crippen molar-refractivity contribution in [2.75, 3.05) is 5.73 Å². The Morgan fingerprint density at radius 2 is 1.89 bits per heavy atom. The number of hydrogen-bond acceptors (Lipinski definition) is 6. The first kappa shape index (κ1) is 25.8. The topological polar surface area (TPSA) is 121 Å². The van der Waals surface area contributed by atoms with Gasteiger partial charge < -0.3 is 25.8 Å². The van der Waals surface area contributed by atoms with Crippen LogP contribution in [0.5, 0.6) is 0 Å². The Labute approximate surface area is 216 Å². The first-order valence-electron chi connectivity index (χ1n) is 12.2. The Hall–Kier alpha value is -4.33. The number of ether oxygens (including phenoxy) is 2. The van der Waals surface area contributed by atoms with Crippen LogP contribution >= 0.6 is 0 Å². The maximum absolute atomic E-state index is 14.0. The van der Waals surface area contributed by atoms with E-state index in [0.717, 1.165) is 24.0 Å². The van der Waals surface area contributed by atoms with E-state index in [1.165, 1.54) is 23.0 Å². The molecule has 8 nitrogen and oxygen atoms in total. The Morgan fingerprint density at radius 1 is 1.14 bits per heavy atom. The second-order valence-corrected chi connectivity index (χ2v) is 9.38. The second kappa shape index (κ2) is 11.2. The fourth-order valence-electron chi connectivity index (χ4n) is 4.50. The van der Waals surface area contributed by atoms with Gasteiger partial charge in [0.05, 0.1) is 5.56 Å². The Kier molecular flexibility index (Phi) is 7.77. The number of primary amides is 1. The minimum atomic E-state index is -1.24. The normalized spacial score (nSPS) is 15.5. The van der Waals surface area contributed by atoms with Crippen molar-refractivity contribution in [3.63, 3.8) is 0 Å². The van der Waals surface area contributed by atoms with Gasteiger partial charge in [-0.1, -0.05) is 53.6 Å². The van der Waals surface area contributed by atoms with Gasteiger partial charge in [0.15, 0.2) is 11.8 Å². The zero-order valence-corrected chi connectivity index (χ0v) is 21.4. The van der Waals surface area contributed by atoms with Gasteiger partial charge in [-0.25, -0.2) is 4.98 Å². The predicted molar refractivity (Wildman–Crippen MR) is 142 cm³/mol. The summed E-state index contributed by atoms with van der Waals surface area (Å²) in [5, 5.41) is 0. The molecule has 4 N–H and O–H groups in total. The monoisotopic (exact) mass is 500 g/mol. The molecule has 0 radical (unpaired) electrons. The predicted octanol–water partition coefficient (Wildman–Crippen LogP) is 4.48. The van der Waals surface area contributed by atoms with Crippen LogP contribution in [0.1, 0.15) is 52.0 Å². The molecule has 1 atom stereocenters. The molecule has 2 aromatic rings. The Balaban J connectivity index is 1.69. The van der Waals surface area contributed by atoms with E-state index in [2.05, 4.69) is 11.1 Å². The van der Waals surface area contributed by atoms with Crippen molar-refractivity contribution < 1.29 is 19.1 Å². The standard InChI is InChI=1S/C29H32N4O4/c1-18-9-11-22(12-10-18)15-33(29(35)25-19(2)13-20(3)32-27(25)30)26(28(31)34)24-17-36-16-23(37-24)14-21-7-5-4-6-8-21/h4-5,7,9-13,16-17,26H,6,8,14-15H2,1-3H3,(H2,30,32)(H2,31,34). The summed E-state index contributed by atoms with van der Waals surface area (Å²) in [6.45, 7) is 5.66. The number of nitrogens with two attached hydrogens (primary N) is 2. The highest BCUT2D eigenvalue weighted by atomic mass is 16.5. The number of rotatable bonds is 8. The Bertz CT molecular complexity index is 1300. The molecule has 1 aliphatic carbocycles. The van der Waals surface area contributed by atoms with E-state index in [9.17, 15) is 9.59 Å². The van der Waals surface area contributed by atoms with Crippen molar-refractivity contribution in [1.29, 1.82) is 0 Å². The van der Waals surface area contributed by atoms with Crippen LogP contribution in [0, 0.1) is 20.8 Å². The van der Waals surface area contributed by atoms with Crippen LogP contribution < -0.4 is 11.5 Å². The van der Waals surface area contributed by atoms with Crippen LogP contribution in [0.3, 0.4) is 0 Å². The molecule has 2 amide bonds. The van der Waals surface area contributed by atoms with E-state index in [1.54, 1.807) is 19.9 Å². The minimum absolute atomic E-state index is 0.0901. The summed E-state index contributed by atoms with van der Waals surface area (Å²) in [6, 6.07) is 8.22. The molecule has 1 aliphatic heterocycles. The van der Waals surface area contributed by atoms with E-state index >= 15 is 0 Å². The fourth-order valence-corrected chi connectivity index (χ4v) is 4.50. The molecule has 0 saturated carbocycles. The molecule has 1 unspecified atom stereocenters. The molecule has 192 valence electrons. The summed E-state index contributed by atoms with van der Waals surface area (Å²) in [7, 11) is 0. The molecule has 0 saturated heterocycles. The number of amides is 2. The molecule has 2 aliphatic rings. The minimum Gasteiger partial charge on any atom is -0.465 e. The van der Waals surface area contributed by atoms with Gasteiger partial charge in [-0.15, -0.1) is 0 Å². The van der Waals surface area contributed by atoms with Crippen LogP contribution in [0.2, 0.25) is 0 Å². The van der Waals surface area contributed by atoms with Crippen LogP contribution in [-0.4, -0.2) is 27.7 Å². The number of allylic oxidation sites excluding steroid dienone is 4. The van der Waals surface area contributed by atoms with Gasteiger partial charge in [-0.3, -0.25) is 9.59 Å². The van der Waals surface area contributed by atoms with Gasteiger partial charge in [0.2, 0.25) is 5.91 Å². The number of nitrogen functional groups attached to an aromatic ring is 1. The quantitative estimate of drug-likeness (QED) is 0.551. The first-order valence-corrected chi connectivity index (χ1v) is 12.2. The lowest BCUT2D eigenvalue weighted by molar-refractivity contribution is -0.122. The lowest BCUT2D eigenvalue weighted by Gasteiger charge is -2.33. The number of carbonyl (C=O) groups excluding carboxylic acids is 2. The summed E-state index contributed by atoms with van der Waals surface area (Å²) in [5.41, 5.74) is 16.7. The van der Waals surface area contributed by atoms with Crippen LogP contribution in [0.4, 0.5) is 5.82 Å². The fraction of sp³-hybridized carbons (Fsp3) is 0.276. The average Bonchev–Trinajstić information content (AvgIpc) is 2.85. The van der Waals surface area contributed by atoms with Crippen molar-refractivity contribution >= 4 is 17.6 Å². The highest BCUT2D eigenvalue weighted by Crippen LogP contribution is 2.29. The third-order valence-electron chi connectivity index (χ3n) is 6.31. The third kappa shape index (κ3) is 6.09. The smallest absolute Gasteiger partial charge is 0.259 e. The van der Waals surface area contributed by atoms with Gasteiger partial charge in [0, 0.05) is 18.7 Å². The van der Waals surface area contributed by atoms with Crippen molar-refractivity contribution in [3.05, 3.63) is 106 Å². The summed E-state index contributed by atoms with van der Waals surface area (Å²) in [5.74, 6) is -0.484. The van der Waals surface area contributed by atoms with Gasteiger partial charge in [0.1, 0.15) is 24.1 Å². The van der Waals surface area contributed by atoms with Gasteiger partial charge in [-0.05, 0) is 50.8 Å². The van der Waals surface area contributed by atoms with Gasteiger partial charge >= 0.3 is 0 Å². The number of aromatic nitrogens is 1. The molecule has 37 heavy (non-hydrogen) atoms. The Morgan fingerprint density at radius 3 is 2.54 bits per heavy atom. The number of nitrogens with zero attached hydrogens (tertiary/aromatic N) is 2. The first-order chi connectivity index (χ1) is 17.7. The second-order valence-electron chi connectivity index (χ2n) is 9.38. The molecular formula is C29H32N4O4. The van der Waals surface area contributed by atoms with Gasteiger partial charge in [-0.2, -0.15) is 0 Å². The maximum atomic E-state index is 14.0. The number of carbonyl (C=O) groups is 2. The molecule has 2 heterocycles. The summed E-state index contributed by atoms with van der Waals surface area (Å²) < 4.78 is 11.7. The molecule has 4 rings (SSSR count). The molecular weight excluding hydrogens is 468 g/mol. The number of benzene rings is 1. The van der Waals surface area contributed by atoms with E-state index < -0.39 is 17.9 Å². The van der Waals surface area contributed by atoms with Crippen LogP contribution in [0.15, 0.2) is 78.2 Å². The van der Waals surface area contributed by atoms with E-state index in [4.69, 9.17) is 20.9 Å². The maximum Gasteiger partial charge on any atom is 0.259 e. The summed E-state index contributed by atoms with van der Waals surface area (Å²) >= 11 is 0. The van der Waals surface area contributed by atoms with E-state index in [-0.39, 0.29) is 23.7 Å². The molecule has 8 heteroatoms. The van der Waals surface area contributed by atoms with Crippen molar-refractivity contribution in [2.45, 2.75) is 52.6 Å². The average molecular weight is 501 g/mol. The third-order valence-corrected chi connectivity index (χ3v) is 6.31. The van der Waals surface area contributed by atoms with Crippen LogP contribution in [-0.2, 0) is 20.8 Å². The summed E-state index contributed by atoms with van der Waals surface area (Å²) in [4.78, 5) is 32.5. The van der Waals surface area contributed by atoms with Crippen molar-refractivity contribution in [2.24, 2.45) is 5.73 Å². The lowest BCUT2D eigenvalue weighted by Crippen LogP contribution is -2.49. The number of hydrogen-bond donors (Lipinski definition) is 2. The zero-order chi connectivity index (χ0) is 26.5. The molecule has 0 fully saturated rings. The van der Waals surface area contributed by atoms with Gasteiger partial charge in [0.25, 0.3) is 5.91 Å². The van der Waals surface area contributed by atoms with E-state index in [0.29, 0.717) is 23.4 Å². The van der Waals surface area contributed by atoms with Crippen LogP contribution in [0.25, 0.3) is 0 Å². The van der Waals surface area contributed by atoms with Crippen molar-refractivity contribution in [1.82, 2.24) is 9.88 Å². The number of aryl methyl sites for hydroxylation is 3. The highest BCUT2D eigenvalue weighted by Gasteiger charge is 2.37. The molecule has 1 aromatic heterocycles. The molecule has 1 aromatic carbocycles. The lowest BCUT2D eigenvalue weighted by atomic mass is 10.0.